The van der Waals surface area contributed by atoms with E-state index in [-0.39, 0.29) is 18.9 Å². The molecule has 27 valence electrons. The molecule has 0 aliphatic heterocycles. The second kappa shape index (κ2) is 5.51. The third-order valence-electron chi connectivity index (χ3n) is 0.214. The fourth-order valence-corrected chi connectivity index (χ4v) is 0. The second-order valence-corrected chi connectivity index (χ2v) is 1.23. The van der Waals surface area contributed by atoms with Crippen LogP contribution in [0.1, 0.15) is 0 Å². The molecule has 3 radical (unpaired) electrons. The Balaban J connectivity index is 0. The van der Waals surface area contributed by atoms with Gasteiger partial charge in [0.1, 0.15) is 0 Å². The summed E-state index contributed by atoms with van der Waals surface area (Å²) in [5.74, 6) is 0. The Kier molecular flexibility index (Phi) is 8.93. The van der Waals surface area contributed by atoms with Crippen molar-refractivity contribution in [1.82, 2.24) is 0 Å². The largest absolute Gasteiger partial charge is 1.00 e. The minimum atomic E-state index is -0.796. The molecule has 0 aromatic rings. The van der Waals surface area contributed by atoms with Crippen LogP contribution in [0.5, 0.6) is 0 Å². The van der Waals surface area contributed by atoms with E-state index in [0.717, 1.165) is 0 Å². The van der Waals surface area contributed by atoms with Crippen LogP contribution in [0.2, 0.25) is 0 Å². The van der Waals surface area contributed by atoms with Gasteiger partial charge in [0.25, 0.3) is 0 Å². The molecule has 0 aliphatic rings. The van der Waals surface area contributed by atoms with Gasteiger partial charge in [-0.25, -0.2) is 0 Å². The Morgan fingerprint density at radius 3 is 2.00 bits per heavy atom. The molecule has 0 bridgehead atoms. The van der Waals surface area contributed by atoms with E-state index in [2.05, 4.69) is 16.8 Å². The smallest absolute Gasteiger partial charge is 0.852 e. The molecule has 0 saturated carbocycles. The summed E-state index contributed by atoms with van der Waals surface area (Å²) in [5, 5.41) is 9.69. The van der Waals surface area contributed by atoms with Crippen molar-refractivity contribution in [2.45, 2.75) is 5.73 Å². The molecule has 1 unspecified atom stereocenters. The van der Waals surface area contributed by atoms with Gasteiger partial charge in [-0.1, -0.05) is 0 Å². The van der Waals surface area contributed by atoms with Crippen LogP contribution < -0.4 is 24.0 Å². The monoisotopic (exact) mass is 91.0 g/mol. The Hall–Kier alpha value is 0.514. The van der Waals surface area contributed by atoms with Gasteiger partial charge in [-0.2, -0.15) is 0 Å². The van der Waals surface area contributed by atoms with Gasteiger partial charge in [-0.3, -0.25) is 0 Å². The molecule has 0 aromatic carbocycles. The Morgan fingerprint density at radius 2 is 2.00 bits per heavy atom. The van der Waals surface area contributed by atoms with Crippen molar-refractivity contribution in [3.05, 3.63) is 12.7 Å². The zero-order chi connectivity index (χ0) is 4.28. The quantitative estimate of drug-likeness (QED) is 0.238. The van der Waals surface area contributed by atoms with Gasteiger partial charge < -0.3 is 5.11 Å². The molecule has 0 fully saturated rings. The summed E-state index contributed by atoms with van der Waals surface area (Å²) in [7, 11) is 2.74. The van der Waals surface area contributed by atoms with Crippen LogP contribution in [0.3, 0.4) is 0 Å². The van der Waals surface area contributed by atoms with E-state index in [0.29, 0.717) is 0 Å². The maximum absolute atomic E-state index is 9.69. The Bertz CT molecular complexity index is 37.8. The molecule has 6 heavy (non-hydrogen) atoms. The summed E-state index contributed by atoms with van der Waals surface area (Å²) < 4.78 is 0. The third-order valence-corrected chi connectivity index (χ3v) is 0.450. The normalized spacial score (nSPS) is 11.7. The average Bonchev–Trinajstić information content (AvgIpc) is 1.38. The van der Waals surface area contributed by atoms with Crippen molar-refractivity contribution in [3.8, 4) is 0 Å². The summed E-state index contributed by atoms with van der Waals surface area (Å²) >= 11 is 0. The first-order valence-electron chi connectivity index (χ1n) is 1.27. The SMILES string of the molecule is C=CC([O-])[Si].[Li+]. The predicted molar refractivity (Wildman–Crippen MR) is 19.7 cm³/mol. The summed E-state index contributed by atoms with van der Waals surface area (Å²) in [6.07, 6.45) is 1.27. The van der Waals surface area contributed by atoms with Crippen LogP contribution in [-0.4, -0.2) is 16.0 Å². The first-order chi connectivity index (χ1) is 2.27. The summed E-state index contributed by atoms with van der Waals surface area (Å²) in [6, 6.07) is 0. The van der Waals surface area contributed by atoms with Crippen molar-refractivity contribution < 1.29 is 24.0 Å². The molecule has 1 nitrogen and oxygen atoms in total. The van der Waals surface area contributed by atoms with E-state index in [9.17, 15) is 5.11 Å². The molecule has 0 rings (SSSR count). The van der Waals surface area contributed by atoms with Gasteiger partial charge in [-0.05, 0) is 0 Å². The molecule has 0 spiro atoms. The molecule has 0 amide bonds. The van der Waals surface area contributed by atoms with Crippen LogP contribution in [0, 0.1) is 0 Å². The molecule has 0 saturated heterocycles. The van der Waals surface area contributed by atoms with E-state index in [1.165, 1.54) is 6.08 Å². The molecule has 0 heterocycles. The molecule has 0 aromatic heterocycles. The van der Waals surface area contributed by atoms with Crippen LogP contribution in [0.15, 0.2) is 12.7 Å². The maximum atomic E-state index is 9.69. The van der Waals surface area contributed by atoms with E-state index in [1.807, 2.05) is 0 Å². The third kappa shape index (κ3) is 8.82. The molecular weight excluding hydrogens is 87.1 g/mol. The van der Waals surface area contributed by atoms with Crippen LogP contribution >= 0.6 is 0 Å². The average molecular weight is 91.1 g/mol. The van der Waals surface area contributed by atoms with Gasteiger partial charge in [-0.15, -0.1) is 18.4 Å². The minimum Gasteiger partial charge on any atom is -0.852 e. The maximum Gasteiger partial charge on any atom is 1.00 e. The molecular formula is C3H4LiOSi. The van der Waals surface area contributed by atoms with Crippen LogP contribution in [-0.2, 0) is 0 Å². The van der Waals surface area contributed by atoms with E-state index in [1.54, 1.807) is 0 Å². The van der Waals surface area contributed by atoms with Gasteiger partial charge in [0.2, 0.25) is 0 Å². The topological polar surface area (TPSA) is 23.1 Å². The summed E-state index contributed by atoms with van der Waals surface area (Å²) in [6.45, 7) is 3.20. The zero-order valence-corrected chi connectivity index (χ0v) is 4.77. The fraction of sp³-hybridized carbons (Fsp3) is 0.333. The number of rotatable bonds is 1. The van der Waals surface area contributed by atoms with Crippen molar-refractivity contribution in [3.63, 3.8) is 0 Å². The van der Waals surface area contributed by atoms with Gasteiger partial charge >= 0.3 is 18.9 Å². The summed E-state index contributed by atoms with van der Waals surface area (Å²) in [5.41, 5.74) is -0.796. The molecule has 1 atom stereocenters. The molecule has 0 aliphatic carbocycles. The van der Waals surface area contributed by atoms with Crippen molar-refractivity contribution in [2.75, 3.05) is 0 Å². The second-order valence-electron chi connectivity index (χ2n) is 0.656. The fourth-order valence-electron chi connectivity index (χ4n) is 0. The van der Waals surface area contributed by atoms with Crippen LogP contribution in [0.4, 0.5) is 0 Å². The Morgan fingerprint density at radius 1 is 1.83 bits per heavy atom. The van der Waals surface area contributed by atoms with Crippen LogP contribution in [0.25, 0.3) is 0 Å². The molecule has 3 heteroatoms. The Labute approximate surface area is 53.0 Å². The van der Waals surface area contributed by atoms with E-state index < -0.39 is 5.73 Å². The number of hydrogen-bond donors (Lipinski definition) is 0. The zero-order valence-electron chi connectivity index (χ0n) is 3.77. The van der Waals surface area contributed by atoms with Crippen molar-refractivity contribution >= 4 is 10.2 Å². The first-order valence-corrected chi connectivity index (χ1v) is 1.84. The van der Waals surface area contributed by atoms with Gasteiger partial charge in [0.15, 0.2) is 0 Å². The first kappa shape index (κ1) is 9.72. The van der Waals surface area contributed by atoms with Crippen molar-refractivity contribution in [1.29, 1.82) is 0 Å². The van der Waals surface area contributed by atoms with E-state index >= 15 is 0 Å². The number of hydrogen-bond acceptors (Lipinski definition) is 1. The summed E-state index contributed by atoms with van der Waals surface area (Å²) in [4.78, 5) is 0. The standard InChI is InChI=1S/C3H4OSi.Li/c1-2-3(4)5;/h2-3H,1H2;/q-1;+1. The minimum absolute atomic E-state index is 0. The molecule has 0 N–H and O–H groups in total. The predicted octanol–water partition coefficient (Wildman–Crippen LogP) is -3.97. The van der Waals surface area contributed by atoms with Gasteiger partial charge in [0, 0.05) is 10.2 Å². The van der Waals surface area contributed by atoms with E-state index in [4.69, 9.17) is 0 Å². The van der Waals surface area contributed by atoms with Gasteiger partial charge in [0.05, 0.1) is 0 Å². The van der Waals surface area contributed by atoms with Crippen molar-refractivity contribution in [2.24, 2.45) is 0 Å².